The molecule has 0 aliphatic heterocycles. The fraction of sp³-hybridized carbons (Fsp3) is 0.250. The van der Waals surface area contributed by atoms with E-state index in [-0.39, 0.29) is 0 Å². The lowest BCUT2D eigenvalue weighted by Gasteiger charge is -2.21. The molecule has 0 saturated carbocycles. The normalized spacial score (nSPS) is 11.8. The van der Waals surface area contributed by atoms with Gasteiger partial charge in [-0.15, -0.1) is 0 Å². The Hall–Kier alpha value is -3.15. The van der Waals surface area contributed by atoms with Crippen molar-refractivity contribution in [2.24, 2.45) is 11.1 Å². The van der Waals surface area contributed by atoms with Crippen LogP contribution in [0, 0.1) is 19.8 Å². The Morgan fingerprint density at radius 1 is 1.12 bits per heavy atom. The fourth-order valence-electron chi connectivity index (χ4n) is 2.48. The molecule has 0 aromatic heterocycles. The number of anilines is 2. The maximum Gasteiger partial charge on any atom is 0.244 e. The molecule has 0 aliphatic rings. The largest absolute Gasteiger partial charge is 0.399 e. The van der Waals surface area contributed by atoms with Crippen molar-refractivity contribution in [1.29, 1.82) is 0 Å². The minimum absolute atomic E-state index is 0.401. The summed E-state index contributed by atoms with van der Waals surface area (Å²) < 4.78 is 0. The fourth-order valence-corrected chi connectivity index (χ4v) is 2.48. The summed E-state index contributed by atoms with van der Waals surface area (Å²) in [6.07, 6.45) is 1.21. The number of nitrogens with one attached hydrogen (secondary N) is 1. The number of carbonyl (C=O) groups excluding carboxylic acids is 2. The molecule has 0 radical (unpaired) electrons. The van der Waals surface area contributed by atoms with Gasteiger partial charge in [0, 0.05) is 18.4 Å². The Morgan fingerprint density at radius 2 is 1.77 bits per heavy atom. The quantitative estimate of drug-likeness (QED) is 0.493. The molecule has 2 aromatic carbocycles. The SMILES string of the molecule is CO/N=C\[C@H](C(=O)Nc1cccc(C)c1)C(=O)N(C)c1cccc(C)c1. The number of rotatable bonds is 6. The first-order chi connectivity index (χ1) is 12.4. The van der Waals surface area contributed by atoms with Gasteiger partial charge in [0.05, 0.1) is 6.21 Å². The highest BCUT2D eigenvalue weighted by molar-refractivity contribution is 6.20. The van der Waals surface area contributed by atoms with Gasteiger partial charge in [0.1, 0.15) is 7.11 Å². The van der Waals surface area contributed by atoms with E-state index in [9.17, 15) is 9.59 Å². The van der Waals surface area contributed by atoms with Crippen LogP contribution in [0.2, 0.25) is 0 Å². The highest BCUT2D eigenvalue weighted by Crippen LogP contribution is 2.18. The average molecular weight is 353 g/mol. The van der Waals surface area contributed by atoms with Gasteiger partial charge in [-0.3, -0.25) is 9.59 Å². The Balaban J connectivity index is 2.23. The van der Waals surface area contributed by atoms with Crippen LogP contribution in [0.15, 0.2) is 53.7 Å². The van der Waals surface area contributed by atoms with Crippen LogP contribution in [0.5, 0.6) is 0 Å². The van der Waals surface area contributed by atoms with Crippen molar-refractivity contribution in [2.75, 3.05) is 24.4 Å². The van der Waals surface area contributed by atoms with E-state index >= 15 is 0 Å². The van der Waals surface area contributed by atoms with E-state index in [1.54, 1.807) is 13.1 Å². The molecule has 6 nitrogen and oxygen atoms in total. The van der Waals surface area contributed by atoms with Crippen molar-refractivity contribution in [1.82, 2.24) is 0 Å². The third kappa shape index (κ3) is 4.92. The van der Waals surface area contributed by atoms with Gasteiger partial charge < -0.3 is 15.1 Å². The summed E-state index contributed by atoms with van der Waals surface area (Å²) in [5.74, 6) is -1.98. The van der Waals surface area contributed by atoms with Crippen molar-refractivity contribution < 1.29 is 14.4 Å². The van der Waals surface area contributed by atoms with Crippen LogP contribution in [0.4, 0.5) is 11.4 Å². The molecule has 0 aliphatic carbocycles. The number of oxime groups is 1. The second-order valence-corrected chi connectivity index (χ2v) is 6.01. The van der Waals surface area contributed by atoms with Gasteiger partial charge in [0.25, 0.3) is 0 Å². The molecule has 136 valence electrons. The molecule has 0 spiro atoms. The first kappa shape index (κ1) is 19.2. The van der Waals surface area contributed by atoms with E-state index in [1.165, 1.54) is 18.2 Å². The second kappa shape index (κ2) is 8.80. The molecule has 6 heteroatoms. The van der Waals surface area contributed by atoms with E-state index in [2.05, 4.69) is 15.3 Å². The number of benzene rings is 2. The predicted molar refractivity (Wildman–Crippen MR) is 103 cm³/mol. The second-order valence-electron chi connectivity index (χ2n) is 6.01. The molecule has 0 bridgehead atoms. The molecular formula is C20H23N3O3. The predicted octanol–water partition coefficient (Wildman–Crippen LogP) is 3.15. The van der Waals surface area contributed by atoms with Crippen LogP contribution >= 0.6 is 0 Å². The first-order valence-electron chi connectivity index (χ1n) is 8.21. The van der Waals surface area contributed by atoms with Crippen LogP contribution in [-0.4, -0.2) is 32.2 Å². The number of hydrogen-bond acceptors (Lipinski definition) is 4. The van der Waals surface area contributed by atoms with E-state index in [0.717, 1.165) is 11.1 Å². The number of nitrogens with zero attached hydrogens (tertiary/aromatic N) is 2. The summed E-state index contributed by atoms with van der Waals surface area (Å²) in [6.45, 7) is 3.87. The summed E-state index contributed by atoms with van der Waals surface area (Å²) in [6, 6.07) is 14.9. The summed E-state index contributed by atoms with van der Waals surface area (Å²) >= 11 is 0. The van der Waals surface area contributed by atoms with E-state index in [4.69, 9.17) is 0 Å². The van der Waals surface area contributed by atoms with Gasteiger partial charge in [0.2, 0.25) is 11.8 Å². The Kier molecular flexibility index (Phi) is 6.49. The number of carbonyl (C=O) groups is 2. The molecule has 1 N–H and O–H groups in total. The molecule has 2 aromatic rings. The monoisotopic (exact) mass is 353 g/mol. The zero-order valence-corrected chi connectivity index (χ0v) is 15.4. The average Bonchev–Trinajstić information content (AvgIpc) is 2.61. The standard InChI is InChI=1S/C20H23N3O3/c1-14-7-5-9-16(11-14)22-19(24)18(13-21-26-4)20(25)23(3)17-10-6-8-15(2)12-17/h5-13,18H,1-4H3,(H,22,24)/b21-13-/t18-/m1/s1. The highest BCUT2D eigenvalue weighted by Gasteiger charge is 2.29. The van der Waals surface area contributed by atoms with Gasteiger partial charge in [-0.1, -0.05) is 29.4 Å². The molecule has 0 saturated heterocycles. The maximum absolute atomic E-state index is 12.9. The summed E-state index contributed by atoms with van der Waals surface area (Å²) in [5, 5.41) is 6.39. The molecule has 2 amide bonds. The summed E-state index contributed by atoms with van der Waals surface area (Å²) in [5.41, 5.74) is 3.35. The van der Waals surface area contributed by atoms with Crippen LogP contribution in [0.25, 0.3) is 0 Å². The highest BCUT2D eigenvalue weighted by atomic mass is 16.6. The van der Waals surface area contributed by atoms with E-state index in [0.29, 0.717) is 11.4 Å². The molecule has 26 heavy (non-hydrogen) atoms. The summed E-state index contributed by atoms with van der Waals surface area (Å²) in [4.78, 5) is 31.7. The summed E-state index contributed by atoms with van der Waals surface area (Å²) in [7, 11) is 2.99. The van der Waals surface area contributed by atoms with Gasteiger partial charge in [-0.25, -0.2) is 0 Å². The van der Waals surface area contributed by atoms with Crippen LogP contribution in [-0.2, 0) is 14.4 Å². The van der Waals surface area contributed by atoms with Crippen LogP contribution < -0.4 is 10.2 Å². The lowest BCUT2D eigenvalue weighted by atomic mass is 10.1. The first-order valence-corrected chi connectivity index (χ1v) is 8.21. The third-order valence-electron chi connectivity index (χ3n) is 3.87. The number of amides is 2. The smallest absolute Gasteiger partial charge is 0.244 e. The zero-order chi connectivity index (χ0) is 19.1. The van der Waals surface area contributed by atoms with E-state index < -0.39 is 17.7 Å². The van der Waals surface area contributed by atoms with Gasteiger partial charge in [-0.05, 0) is 49.2 Å². The molecule has 0 heterocycles. The maximum atomic E-state index is 12.9. The van der Waals surface area contributed by atoms with Crippen molar-refractivity contribution in [3.8, 4) is 0 Å². The van der Waals surface area contributed by atoms with Gasteiger partial charge in [-0.2, -0.15) is 0 Å². The molecule has 0 unspecified atom stereocenters. The van der Waals surface area contributed by atoms with Crippen LogP contribution in [0.3, 0.4) is 0 Å². The van der Waals surface area contributed by atoms with Crippen molar-refractivity contribution in [3.63, 3.8) is 0 Å². The van der Waals surface area contributed by atoms with Crippen molar-refractivity contribution >= 4 is 29.4 Å². The minimum Gasteiger partial charge on any atom is -0.399 e. The molecule has 2 rings (SSSR count). The van der Waals surface area contributed by atoms with Crippen molar-refractivity contribution in [2.45, 2.75) is 13.8 Å². The lowest BCUT2D eigenvalue weighted by molar-refractivity contribution is -0.127. The van der Waals surface area contributed by atoms with E-state index in [1.807, 2.05) is 56.3 Å². The molecular weight excluding hydrogens is 330 g/mol. The topological polar surface area (TPSA) is 71.0 Å². The number of hydrogen-bond donors (Lipinski definition) is 1. The van der Waals surface area contributed by atoms with Crippen LogP contribution in [0.1, 0.15) is 11.1 Å². The lowest BCUT2D eigenvalue weighted by Crippen LogP contribution is -2.40. The molecule has 1 atom stereocenters. The Labute approximate surface area is 153 Å². The Morgan fingerprint density at radius 3 is 2.38 bits per heavy atom. The Bertz CT molecular complexity index is 817. The number of aryl methyl sites for hydroxylation is 2. The van der Waals surface area contributed by atoms with Gasteiger partial charge in [0.15, 0.2) is 5.92 Å². The third-order valence-corrected chi connectivity index (χ3v) is 3.87. The van der Waals surface area contributed by atoms with Gasteiger partial charge >= 0.3 is 0 Å². The minimum atomic E-state index is -1.11. The zero-order valence-electron chi connectivity index (χ0n) is 15.4. The molecule has 0 fully saturated rings. The van der Waals surface area contributed by atoms with Crippen molar-refractivity contribution in [3.05, 3.63) is 59.7 Å².